The van der Waals surface area contributed by atoms with Crippen LogP contribution in [0.4, 0.5) is 4.39 Å². The molecule has 1 N–H and O–H groups in total. The van der Waals surface area contributed by atoms with Crippen molar-refractivity contribution in [1.82, 2.24) is 0 Å². The zero-order chi connectivity index (χ0) is 22.8. The Labute approximate surface area is 195 Å². The number of aryl methyl sites for hydroxylation is 1. The van der Waals surface area contributed by atoms with Crippen molar-refractivity contribution < 1.29 is 23.8 Å². The topological polar surface area (TPSA) is 55.8 Å². The molecule has 0 heterocycles. The van der Waals surface area contributed by atoms with Gasteiger partial charge >= 0.3 is 5.97 Å². The fraction of sp³-hybridized carbons (Fsp3) is 0.240. The van der Waals surface area contributed by atoms with E-state index in [-0.39, 0.29) is 24.1 Å². The standard InChI is InChI=1S/C25H21Cl2FO4/c1-31-25(30)13-32-17-11-22(26)21(23(27)12-17)9-14-2-7-24(29)20(8-14)19-5-3-15-10-16(28)4-6-18(15)19/h2,4,6-8,10-12,19,29H,3,5,9,13H2,1H3. The zero-order valence-electron chi connectivity index (χ0n) is 17.3. The van der Waals surface area contributed by atoms with Crippen LogP contribution in [0.1, 0.15) is 40.2 Å². The van der Waals surface area contributed by atoms with E-state index >= 15 is 0 Å². The van der Waals surface area contributed by atoms with Gasteiger partial charge in [0.15, 0.2) is 6.61 Å². The van der Waals surface area contributed by atoms with Crippen LogP contribution in [0.2, 0.25) is 10.0 Å². The predicted octanol–water partition coefficient (Wildman–Crippen LogP) is 6.06. The molecule has 0 saturated carbocycles. The van der Waals surface area contributed by atoms with Gasteiger partial charge in [0.25, 0.3) is 0 Å². The lowest BCUT2D eigenvalue weighted by molar-refractivity contribution is -0.142. The zero-order valence-corrected chi connectivity index (χ0v) is 18.8. The Hall–Kier alpha value is -2.76. The quantitative estimate of drug-likeness (QED) is 0.441. The Morgan fingerprint density at radius 3 is 2.56 bits per heavy atom. The summed E-state index contributed by atoms with van der Waals surface area (Å²) < 4.78 is 23.5. The van der Waals surface area contributed by atoms with Gasteiger partial charge in [-0.1, -0.05) is 41.4 Å². The number of hydrogen-bond donors (Lipinski definition) is 1. The Bertz CT molecular complexity index is 1160. The van der Waals surface area contributed by atoms with Crippen LogP contribution in [-0.2, 0) is 22.4 Å². The van der Waals surface area contributed by atoms with E-state index in [0.29, 0.717) is 27.8 Å². The number of methoxy groups -OCH3 is 1. The van der Waals surface area contributed by atoms with E-state index in [2.05, 4.69) is 4.74 Å². The van der Waals surface area contributed by atoms with Crippen LogP contribution in [-0.4, -0.2) is 24.8 Å². The summed E-state index contributed by atoms with van der Waals surface area (Å²) in [5.41, 5.74) is 4.47. The van der Waals surface area contributed by atoms with Gasteiger partial charge in [0.1, 0.15) is 17.3 Å². The summed E-state index contributed by atoms with van der Waals surface area (Å²) in [6.45, 7) is -0.239. The van der Waals surface area contributed by atoms with Crippen LogP contribution >= 0.6 is 23.2 Å². The van der Waals surface area contributed by atoms with Crippen molar-refractivity contribution in [1.29, 1.82) is 0 Å². The summed E-state index contributed by atoms with van der Waals surface area (Å²) in [4.78, 5) is 11.3. The van der Waals surface area contributed by atoms with Gasteiger partial charge in [0, 0.05) is 27.9 Å². The number of ether oxygens (including phenoxy) is 2. The number of aromatic hydroxyl groups is 1. The lowest BCUT2D eigenvalue weighted by Crippen LogP contribution is -2.12. The van der Waals surface area contributed by atoms with E-state index in [0.717, 1.165) is 35.1 Å². The first kappa shape index (κ1) is 22.4. The number of hydrogen-bond acceptors (Lipinski definition) is 4. The van der Waals surface area contributed by atoms with Gasteiger partial charge in [0.05, 0.1) is 7.11 Å². The average molecular weight is 475 g/mol. The van der Waals surface area contributed by atoms with E-state index in [4.69, 9.17) is 27.9 Å². The maximum atomic E-state index is 13.6. The minimum absolute atomic E-state index is 0.00518. The molecule has 0 radical (unpaired) electrons. The molecule has 0 bridgehead atoms. The third kappa shape index (κ3) is 4.69. The Morgan fingerprint density at radius 1 is 1.09 bits per heavy atom. The van der Waals surface area contributed by atoms with Crippen molar-refractivity contribution in [3.63, 3.8) is 0 Å². The first-order chi connectivity index (χ1) is 15.4. The van der Waals surface area contributed by atoms with Crippen molar-refractivity contribution in [2.24, 2.45) is 0 Å². The van der Waals surface area contributed by atoms with Crippen LogP contribution in [0, 0.1) is 5.82 Å². The second-order valence-electron chi connectivity index (χ2n) is 7.73. The number of fused-ring (bicyclic) bond motifs is 1. The van der Waals surface area contributed by atoms with Crippen molar-refractivity contribution in [3.05, 3.63) is 92.2 Å². The lowest BCUT2D eigenvalue weighted by Gasteiger charge is -2.16. The molecule has 0 saturated heterocycles. The summed E-state index contributed by atoms with van der Waals surface area (Å²) in [5.74, 6) is -0.166. The van der Waals surface area contributed by atoms with Gasteiger partial charge in [-0.2, -0.15) is 0 Å². The largest absolute Gasteiger partial charge is 0.508 e. The first-order valence-electron chi connectivity index (χ1n) is 10.1. The van der Waals surface area contributed by atoms with Crippen LogP contribution in [0.15, 0.2) is 48.5 Å². The van der Waals surface area contributed by atoms with Crippen molar-refractivity contribution in [3.8, 4) is 11.5 Å². The molecule has 1 aliphatic rings. The molecule has 7 heteroatoms. The highest BCUT2D eigenvalue weighted by atomic mass is 35.5. The molecule has 0 spiro atoms. The van der Waals surface area contributed by atoms with Crippen molar-refractivity contribution in [2.45, 2.75) is 25.2 Å². The second kappa shape index (κ2) is 9.39. The van der Waals surface area contributed by atoms with Gasteiger partial charge < -0.3 is 14.6 Å². The number of benzene rings is 3. The smallest absolute Gasteiger partial charge is 0.343 e. The highest BCUT2D eigenvalue weighted by Crippen LogP contribution is 2.42. The summed E-state index contributed by atoms with van der Waals surface area (Å²) in [5, 5.41) is 11.4. The monoisotopic (exact) mass is 474 g/mol. The van der Waals surface area contributed by atoms with E-state index in [1.54, 1.807) is 30.3 Å². The molecule has 1 unspecified atom stereocenters. The first-order valence-corrected chi connectivity index (χ1v) is 10.9. The minimum atomic E-state index is -0.505. The number of phenols is 1. The molecule has 166 valence electrons. The maximum absolute atomic E-state index is 13.6. The summed E-state index contributed by atoms with van der Waals surface area (Å²) >= 11 is 12.9. The van der Waals surface area contributed by atoms with Gasteiger partial charge in [-0.3, -0.25) is 0 Å². The van der Waals surface area contributed by atoms with Gasteiger partial charge in [-0.05, 0) is 65.4 Å². The summed E-state index contributed by atoms with van der Waals surface area (Å²) in [6.07, 6.45) is 2.03. The Balaban J connectivity index is 1.58. The fourth-order valence-corrected chi connectivity index (χ4v) is 4.74. The van der Waals surface area contributed by atoms with Gasteiger partial charge in [-0.25, -0.2) is 9.18 Å². The van der Waals surface area contributed by atoms with Crippen LogP contribution in [0.3, 0.4) is 0 Å². The van der Waals surface area contributed by atoms with Crippen LogP contribution in [0.25, 0.3) is 0 Å². The molecular weight excluding hydrogens is 454 g/mol. The molecule has 32 heavy (non-hydrogen) atoms. The van der Waals surface area contributed by atoms with E-state index < -0.39 is 5.97 Å². The molecule has 4 rings (SSSR count). The highest BCUT2D eigenvalue weighted by Gasteiger charge is 2.26. The van der Waals surface area contributed by atoms with Crippen LogP contribution in [0.5, 0.6) is 11.5 Å². The van der Waals surface area contributed by atoms with E-state index in [9.17, 15) is 14.3 Å². The molecular formula is C25H21Cl2FO4. The minimum Gasteiger partial charge on any atom is -0.508 e. The number of rotatable bonds is 6. The molecule has 0 aliphatic heterocycles. The molecule has 0 fully saturated rings. The van der Waals surface area contributed by atoms with E-state index in [1.165, 1.54) is 13.2 Å². The molecule has 4 nitrogen and oxygen atoms in total. The SMILES string of the molecule is COC(=O)COc1cc(Cl)c(Cc2ccc(O)c(C3CCc4cc(F)ccc43)c2)c(Cl)c1. The summed E-state index contributed by atoms with van der Waals surface area (Å²) in [6, 6.07) is 13.5. The number of carbonyl (C=O) groups excluding carboxylic acids is 1. The normalized spacial score (nSPS) is 14.8. The average Bonchev–Trinajstić information content (AvgIpc) is 3.18. The predicted molar refractivity (Wildman–Crippen MR) is 121 cm³/mol. The van der Waals surface area contributed by atoms with Gasteiger partial charge in [0.2, 0.25) is 0 Å². The number of phenolic OH excluding ortho intramolecular Hbond substituents is 1. The number of halogens is 3. The third-order valence-corrected chi connectivity index (χ3v) is 6.40. The lowest BCUT2D eigenvalue weighted by atomic mass is 9.90. The van der Waals surface area contributed by atoms with Crippen LogP contribution < -0.4 is 4.74 Å². The van der Waals surface area contributed by atoms with Crippen molar-refractivity contribution >= 4 is 29.2 Å². The molecule has 0 aromatic heterocycles. The molecule has 3 aromatic carbocycles. The van der Waals surface area contributed by atoms with Gasteiger partial charge in [-0.15, -0.1) is 0 Å². The molecule has 1 aliphatic carbocycles. The van der Waals surface area contributed by atoms with Crippen molar-refractivity contribution in [2.75, 3.05) is 13.7 Å². The number of carbonyl (C=O) groups is 1. The Kier molecular flexibility index (Phi) is 6.58. The molecule has 1 atom stereocenters. The number of esters is 1. The Morgan fingerprint density at radius 2 is 1.84 bits per heavy atom. The van der Waals surface area contributed by atoms with E-state index in [1.807, 2.05) is 12.1 Å². The molecule has 3 aromatic rings. The summed E-state index contributed by atoms with van der Waals surface area (Å²) in [7, 11) is 1.28. The maximum Gasteiger partial charge on any atom is 0.343 e. The third-order valence-electron chi connectivity index (χ3n) is 5.73. The highest BCUT2D eigenvalue weighted by molar-refractivity contribution is 6.36. The second-order valence-corrected chi connectivity index (χ2v) is 8.55. The fourth-order valence-electron chi connectivity index (χ4n) is 4.14. The molecule has 0 amide bonds.